The van der Waals surface area contributed by atoms with E-state index in [1.165, 1.54) is 6.92 Å². The highest BCUT2D eigenvalue weighted by Gasteiger charge is 2.36. The Kier molecular flexibility index (Phi) is 2.78. The summed E-state index contributed by atoms with van der Waals surface area (Å²) in [6.07, 6.45) is -4.62. The lowest BCUT2D eigenvalue weighted by Gasteiger charge is -1.97. The number of esters is 1. The molecule has 0 amide bonds. The van der Waals surface area contributed by atoms with Crippen molar-refractivity contribution in [3.63, 3.8) is 0 Å². The van der Waals surface area contributed by atoms with Gasteiger partial charge in [0.05, 0.1) is 6.61 Å². The molecule has 4 nitrogen and oxygen atoms in total. The largest absolute Gasteiger partial charge is 0.460 e. The average Bonchev–Trinajstić information content (AvgIpc) is 2.51. The highest BCUT2D eigenvalue weighted by atomic mass is 19.4. The Morgan fingerprint density at radius 2 is 2.29 bits per heavy atom. The van der Waals surface area contributed by atoms with Crippen LogP contribution in [0.15, 0.2) is 10.6 Å². The molecule has 0 bridgehead atoms. The van der Waals surface area contributed by atoms with E-state index in [1.54, 1.807) is 0 Å². The summed E-state index contributed by atoms with van der Waals surface area (Å²) < 4.78 is 44.5. The number of alkyl halides is 3. The Balaban J connectivity index is 2.83. The zero-order chi connectivity index (χ0) is 10.8. The van der Waals surface area contributed by atoms with Gasteiger partial charge in [0.2, 0.25) is 5.76 Å². The van der Waals surface area contributed by atoms with Gasteiger partial charge in [0.1, 0.15) is 0 Å². The van der Waals surface area contributed by atoms with Crippen molar-refractivity contribution in [2.45, 2.75) is 13.1 Å². The van der Waals surface area contributed by atoms with Crippen LogP contribution in [0.2, 0.25) is 0 Å². The standard InChI is InChI=1S/C7H6F3NO3/c1-2-13-6(12)4-3-5(11-14-4)7(8,9)10/h3H,2H2,1H3. The quantitative estimate of drug-likeness (QED) is 0.697. The molecule has 0 spiro atoms. The number of carbonyl (C=O) groups is 1. The van der Waals surface area contributed by atoms with Gasteiger partial charge in [0.25, 0.3) is 0 Å². The molecule has 0 aliphatic heterocycles. The van der Waals surface area contributed by atoms with Crippen LogP contribution in [0.25, 0.3) is 0 Å². The van der Waals surface area contributed by atoms with Crippen LogP contribution in [0.4, 0.5) is 13.2 Å². The first kappa shape index (κ1) is 10.6. The van der Waals surface area contributed by atoms with Crippen molar-refractivity contribution in [2.24, 2.45) is 0 Å². The van der Waals surface area contributed by atoms with Crippen LogP contribution in [-0.2, 0) is 10.9 Å². The second kappa shape index (κ2) is 3.69. The molecule has 0 aliphatic rings. The number of hydrogen-bond donors (Lipinski definition) is 0. The molecule has 0 saturated carbocycles. The third-order valence-corrected chi connectivity index (χ3v) is 1.28. The molecule has 78 valence electrons. The molecule has 1 heterocycles. The Labute approximate surface area is 76.6 Å². The normalized spacial score (nSPS) is 11.4. The fourth-order valence-electron chi connectivity index (χ4n) is 0.707. The lowest BCUT2D eigenvalue weighted by molar-refractivity contribution is -0.142. The maximum Gasteiger partial charge on any atom is 0.436 e. The van der Waals surface area contributed by atoms with Crippen molar-refractivity contribution in [1.82, 2.24) is 5.16 Å². The first-order chi connectivity index (χ1) is 6.45. The predicted molar refractivity (Wildman–Crippen MR) is 37.5 cm³/mol. The van der Waals surface area contributed by atoms with Gasteiger partial charge >= 0.3 is 12.1 Å². The van der Waals surface area contributed by atoms with Gasteiger partial charge < -0.3 is 9.26 Å². The molecular weight excluding hydrogens is 203 g/mol. The third kappa shape index (κ3) is 2.24. The molecule has 0 atom stereocenters. The van der Waals surface area contributed by atoms with E-state index in [2.05, 4.69) is 14.4 Å². The predicted octanol–water partition coefficient (Wildman–Crippen LogP) is 1.87. The van der Waals surface area contributed by atoms with E-state index in [0.717, 1.165) is 0 Å². The van der Waals surface area contributed by atoms with E-state index >= 15 is 0 Å². The highest BCUT2D eigenvalue weighted by Crippen LogP contribution is 2.28. The maximum absolute atomic E-state index is 12.0. The van der Waals surface area contributed by atoms with Crippen LogP contribution in [0.3, 0.4) is 0 Å². The first-order valence-electron chi connectivity index (χ1n) is 3.66. The highest BCUT2D eigenvalue weighted by molar-refractivity contribution is 5.86. The lowest BCUT2D eigenvalue weighted by atomic mass is 10.3. The third-order valence-electron chi connectivity index (χ3n) is 1.28. The van der Waals surface area contributed by atoms with Crippen molar-refractivity contribution in [3.05, 3.63) is 17.5 Å². The summed E-state index contributed by atoms with van der Waals surface area (Å²) in [4.78, 5) is 10.9. The van der Waals surface area contributed by atoms with E-state index in [9.17, 15) is 18.0 Å². The van der Waals surface area contributed by atoms with Crippen molar-refractivity contribution >= 4 is 5.97 Å². The van der Waals surface area contributed by atoms with Crippen molar-refractivity contribution in [1.29, 1.82) is 0 Å². The lowest BCUT2D eigenvalue weighted by Crippen LogP contribution is -2.05. The SMILES string of the molecule is CCOC(=O)c1cc(C(F)(F)F)no1. The van der Waals surface area contributed by atoms with Crippen LogP contribution < -0.4 is 0 Å². The topological polar surface area (TPSA) is 52.3 Å². The van der Waals surface area contributed by atoms with Gasteiger partial charge in [-0.15, -0.1) is 0 Å². The Bertz CT molecular complexity index is 331. The van der Waals surface area contributed by atoms with Crippen molar-refractivity contribution in [2.75, 3.05) is 6.61 Å². The molecule has 0 radical (unpaired) electrons. The number of rotatable bonds is 2. The summed E-state index contributed by atoms with van der Waals surface area (Å²) in [6, 6.07) is 0.498. The molecular formula is C7H6F3NO3. The number of ether oxygens (including phenoxy) is 1. The number of hydrogen-bond acceptors (Lipinski definition) is 4. The number of nitrogens with zero attached hydrogens (tertiary/aromatic N) is 1. The van der Waals surface area contributed by atoms with Gasteiger partial charge in [-0.25, -0.2) is 4.79 Å². The molecule has 0 unspecified atom stereocenters. The smallest absolute Gasteiger partial charge is 0.436 e. The Morgan fingerprint density at radius 3 is 2.71 bits per heavy atom. The van der Waals surface area contributed by atoms with E-state index < -0.39 is 23.6 Å². The van der Waals surface area contributed by atoms with Crippen molar-refractivity contribution in [3.8, 4) is 0 Å². The second-order valence-electron chi connectivity index (χ2n) is 2.29. The zero-order valence-electron chi connectivity index (χ0n) is 7.09. The molecule has 1 aromatic rings. The number of halogens is 3. The van der Waals surface area contributed by atoms with Crippen LogP contribution in [0, 0.1) is 0 Å². The number of aromatic nitrogens is 1. The summed E-state index contributed by atoms with van der Waals surface area (Å²) in [6.45, 7) is 1.58. The van der Waals surface area contributed by atoms with Crippen molar-refractivity contribution < 1.29 is 27.2 Å². The molecule has 1 aromatic heterocycles. The fraction of sp³-hybridized carbons (Fsp3) is 0.429. The second-order valence-corrected chi connectivity index (χ2v) is 2.29. The van der Waals surface area contributed by atoms with E-state index in [-0.39, 0.29) is 6.61 Å². The summed E-state index contributed by atoms with van der Waals surface area (Å²) >= 11 is 0. The van der Waals surface area contributed by atoms with E-state index in [1.807, 2.05) is 0 Å². The van der Waals surface area contributed by atoms with Crippen LogP contribution >= 0.6 is 0 Å². The number of carbonyl (C=O) groups excluding carboxylic acids is 1. The van der Waals surface area contributed by atoms with Crippen LogP contribution in [0.1, 0.15) is 23.2 Å². The summed E-state index contributed by atoms with van der Waals surface area (Å²) in [5.41, 5.74) is -1.25. The molecule has 14 heavy (non-hydrogen) atoms. The Morgan fingerprint density at radius 1 is 1.64 bits per heavy atom. The molecule has 7 heteroatoms. The molecule has 0 aromatic carbocycles. The van der Waals surface area contributed by atoms with Gasteiger partial charge in [-0.3, -0.25) is 0 Å². The molecule has 0 fully saturated rings. The zero-order valence-corrected chi connectivity index (χ0v) is 7.09. The van der Waals surface area contributed by atoms with E-state index in [4.69, 9.17) is 0 Å². The van der Waals surface area contributed by atoms with Gasteiger partial charge in [-0.05, 0) is 6.92 Å². The van der Waals surface area contributed by atoms with Gasteiger partial charge in [0, 0.05) is 6.07 Å². The molecule has 0 saturated heterocycles. The van der Waals surface area contributed by atoms with Gasteiger partial charge in [-0.2, -0.15) is 13.2 Å². The maximum atomic E-state index is 12.0. The molecule has 0 N–H and O–H groups in total. The monoisotopic (exact) mass is 209 g/mol. The van der Waals surface area contributed by atoms with E-state index in [0.29, 0.717) is 6.07 Å². The minimum absolute atomic E-state index is 0.0564. The van der Waals surface area contributed by atoms with Gasteiger partial charge in [0.15, 0.2) is 5.69 Å². The Hall–Kier alpha value is -1.53. The van der Waals surface area contributed by atoms with Crippen LogP contribution in [0.5, 0.6) is 0 Å². The summed E-state index contributed by atoms with van der Waals surface area (Å²) in [5.74, 6) is -1.52. The molecule has 1 rings (SSSR count). The minimum atomic E-state index is -4.62. The summed E-state index contributed by atoms with van der Waals surface area (Å²) in [7, 11) is 0. The average molecular weight is 209 g/mol. The van der Waals surface area contributed by atoms with Crippen LogP contribution in [-0.4, -0.2) is 17.7 Å². The fourth-order valence-corrected chi connectivity index (χ4v) is 0.707. The summed E-state index contributed by atoms with van der Waals surface area (Å²) in [5, 5.41) is 2.69. The molecule has 0 aliphatic carbocycles. The van der Waals surface area contributed by atoms with Gasteiger partial charge in [-0.1, -0.05) is 5.16 Å². The minimum Gasteiger partial charge on any atom is -0.460 e. The first-order valence-corrected chi connectivity index (χ1v) is 3.66.